The Morgan fingerprint density at radius 2 is 1.88 bits per heavy atom. The average molecular weight is 393 g/mol. The summed E-state index contributed by atoms with van der Waals surface area (Å²) in [7, 11) is 0. The van der Waals surface area contributed by atoms with Crippen LogP contribution < -0.4 is 10.2 Å². The summed E-state index contributed by atoms with van der Waals surface area (Å²) in [6.07, 6.45) is 6.12. The minimum atomic E-state index is -0.305. The number of nitrogens with zero attached hydrogens (tertiary/aromatic N) is 1. The number of hydrogen-bond acceptors (Lipinski definition) is 3. The molecule has 0 saturated heterocycles. The Morgan fingerprint density at radius 1 is 1.12 bits per heavy atom. The maximum Gasteiger partial charge on any atom is 0.271 e. The van der Waals surface area contributed by atoms with Gasteiger partial charge in [-0.2, -0.15) is 5.10 Å². The van der Waals surface area contributed by atoms with E-state index in [0.717, 1.165) is 12.2 Å². The third-order valence-corrected chi connectivity index (χ3v) is 4.28. The topological polar surface area (TPSA) is 50.7 Å². The van der Waals surface area contributed by atoms with Crippen molar-refractivity contribution >= 4 is 35.3 Å². The molecular formula is C20H22Cl2N2O2. The summed E-state index contributed by atoms with van der Waals surface area (Å²) >= 11 is 11.9. The zero-order chi connectivity index (χ0) is 18.8. The highest BCUT2D eigenvalue weighted by molar-refractivity contribution is 6.36. The van der Waals surface area contributed by atoms with Gasteiger partial charge in [-0.15, -0.1) is 0 Å². The van der Waals surface area contributed by atoms with E-state index in [1.807, 2.05) is 0 Å². The molecular weight excluding hydrogens is 371 g/mol. The lowest BCUT2D eigenvalue weighted by Crippen LogP contribution is -2.17. The number of ether oxygens (including phenoxy) is 1. The van der Waals surface area contributed by atoms with E-state index in [1.54, 1.807) is 42.5 Å². The second-order valence-electron chi connectivity index (χ2n) is 5.80. The number of carbonyl (C=O) groups is 1. The van der Waals surface area contributed by atoms with Crippen molar-refractivity contribution in [3.05, 3.63) is 63.6 Å². The molecule has 2 rings (SSSR count). The van der Waals surface area contributed by atoms with Gasteiger partial charge in [0.05, 0.1) is 17.8 Å². The zero-order valence-electron chi connectivity index (χ0n) is 14.7. The summed E-state index contributed by atoms with van der Waals surface area (Å²) in [4.78, 5) is 12.1. The molecule has 0 aromatic heterocycles. The van der Waals surface area contributed by atoms with E-state index in [4.69, 9.17) is 27.9 Å². The number of hydrogen-bond donors (Lipinski definition) is 1. The average Bonchev–Trinajstić information content (AvgIpc) is 2.64. The van der Waals surface area contributed by atoms with Crippen LogP contribution in [0.1, 0.15) is 48.5 Å². The molecule has 0 aliphatic carbocycles. The van der Waals surface area contributed by atoms with Crippen LogP contribution in [0.3, 0.4) is 0 Å². The lowest BCUT2D eigenvalue weighted by Gasteiger charge is -2.06. The number of amides is 1. The lowest BCUT2D eigenvalue weighted by molar-refractivity contribution is 0.0955. The van der Waals surface area contributed by atoms with Gasteiger partial charge < -0.3 is 4.74 Å². The Morgan fingerprint density at radius 3 is 2.58 bits per heavy atom. The molecule has 0 radical (unpaired) electrons. The van der Waals surface area contributed by atoms with Gasteiger partial charge in [0, 0.05) is 16.1 Å². The van der Waals surface area contributed by atoms with Gasteiger partial charge in [-0.25, -0.2) is 5.43 Å². The SMILES string of the molecule is CCCCCCOc1ccc(C(=O)N/N=C/c2ccc(Cl)cc2Cl)cc1. The third kappa shape index (κ3) is 6.70. The van der Waals surface area contributed by atoms with Gasteiger partial charge in [0.2, 0.25) is 0 Å². The standard InChI is InChI=1S/C20H22Cl2N2O2/c1-2-3-4-5-12-26-18-10-7-15(8-11-18)20(25)24-23-14-16-6-9-17(21)13-19(16)22/h6-11,13-14H,2-5,12H2,1H3,(H,24,25)/b23-14+. The van der Waals surface area contributed by atoms with Crippen molar-refractivity contribution in [1.29, 1.82) is 0 Å². The van der Waals surface area contributed by atoms with Crippen LogP contribution in [0.25, 0.3) is 0 Å². The second-order valence-corrected chi connectivity index (χ2v) is 6.64. The van der Waals surface area contributed by atoms with E-state index < -0.39 is 0 Å². The predicted molar refractivity (Wildman–Crippen MR) is 108 cm³/mol. The van der Waals surface area contributed by atoms with Crippen LogP contribution in [0.5, 0.6) is 5.75 Å². The summed E-state index contributed by atoms with van der Waals surface area (Å²) < 4.78 is 5.66. The Kier molecular flexibility index (Phi) is 8.45. The highest BCUT2D eigenvalue weighted by Gasteiger charge is 2.05. The fourth-order valence-electron chi connectivity index (χ4n) is 2.25. The number of rotatable bonds is 9. The minimum Gasteiger partial charge on any atom is -0.494 e. The van der Waals surface area contributed by atoms with Crippen LogP contribution in [-0.4, -0.2) is 18.7 Å². The minimum absolute atomic E-state index is 0.305. The molecule has 2 aromatic carbocycles. The molecule has 1 N–H and O–H groups in total. The van der Waals surface area contributed by atoms with E-state index in [-0.39, 0.29) is 5.91 Å². The normalized spacial score (nSPS) is 10.9. The van der Waals surface area contributed by atoms with Crippen LogP contribution in [0.2, 0.25) is 10.0 Å². The molecule has 4 nitrogen and oxygen atoms in total. The molecule has 2 aromatic rings. The lowest BCUT2D eigenvalue weighted by atomic mass is 10.2. The Labute approximate surface area is 164 Å². The first kappa shape index (κ1) is 20.3. The van der Waals surface area contributed by atoms with Gasteiger partial charge in [-0.05, 0) is 42.8 Å². The summed E-state index contributed by atoms with van der Waals surface area (Å²) in [6, 6.07) is 12.0. The van der Waals surface area contributed by atoms with Crippen LogP contribution in [0.15, 0.2) is 47.6 Å². The van der Waals surface area contributed by atoms with E-state index in [1.165, 1.54) is 25.5 Å². The first-order chi connectivity index (χ1) is 12.6. The fraction of sp³-hybridized carbons (Fsp3) is 0.300. The van der Waals surface area contributed by atoms with Crippen molar-refractivity contribution < 1.29 is 9.53 Å². The Balaban J connectivity index is 1.82. The molecule has 26 heavy (non-hydrogen) atoms. The summed E-state index contributed by atoms with van der Waals surface area (Å²) in [5.74, 6) is 0.454. The first-order valence-corrected chi connectivity index (χ1v) is 9.37. The predicted octanol–water partition coefficient (Wildman–Crippen LogP) is 5.72. The second kappa shape index (κ2) is 10.8. The van der Waals surface area contributed by atoms with Gasteiger partial charge in [0.1, 0.15) is 5.75 Å². The van der Waals surface area contributed by atoms with Crippen LogP contribution >= 0.6 is 23.2 Å². The van der Waals surface area contributed by atoms with Crippen molar-refractivity contribution in [2.24, 2.45) is 5.10 Å². The van der Waals surface area contributed by atoms with Crippen molar-refractivity contribution in [2.75, 3.05) is 6.61 Å². The van der Waals surface area contributed by atoms with Gasteiger partial charge >= 0.3 is 0 Å². The monoisotopic (exact) mass is 392 g/mol. The summed E-state index contributed by atoms with van der Waals surface area (Å²) in [5.41, 5.74) is 3.65. The first-order valence-electron chi connectivity index (χ1n) is 8.61. The van der Waals surface area contributed by atoms with Crippen molar-refractivity contribution in [1.82, 2.24) is 5.43 Å². The smallest absolute Gasteiger partial charge is 0.271 e. The maximum absolute atomic E-state index is 12.1. The number of nitrogens with one attached hydrogen (secondary N) is 1. The molecule has 138 valence electrons. The molecule has 0 aliphatic heterocycles. The van der Waals surface area contributed by atoms with Crippen molar-refractivity contribution in [3.63, 3.8) is 0 Å². The highest BCUT2D eigenvalue weighted by Crippen LogP contribution is 2.19. The van der Waals surface area contributed by atoms with Gasteiger partial charge in [0.25, 0.3) is 5.91 Å². The van der Waals surface area contributed by atoms with Crippen LogP contribution in [0.4, 0.5) is 0 Å². The molecule has 0 fully saturated rings. The molecule has 0 saturated carbocycles. The van der Waals surface area contributed by atoms with Crippen molar-refractivity contribution in [3.8, 4) is 5.75 Å². The third-order valence-electron chi connectivity index (χ3n) is 3.72. The number of hydrazone groups is 1. The van der Waals surface area contributed by atoms with Gasteiger partial charge in [-0.3, -0.25) is 4.79 Å². The number of unbranched alkanes of at least 4 members (excludes halogenated alkanes) is 3. The Bertz CT molecular complexity index is 746. The molecule has 0 spiro atoms. The maximum atomic E-state index is 12.1. The van der Waals surface area contributed by atoms with Crippen LogP contribution in [-0.2, 0) is 0 Å². The number of carbonyl (C=O) groups excluding carboxylic acids is 1. The van der Waals surface area contributed by atoms with E-state index in [2.05, 4.69) is 17.5 Å². The van der Waals surface area contributed by atoms with Gasteiger partial charge in [0.15, 0.2) is 0 Å². The zero-order valence-corrected chi connectivity index (χ0v) is 16.2. The quantitative estimate of drug-likeness (QED) is 0.337. The van der Waals surface area contributed by atoms with Crippen LogP contribution in [0, 0.1) is 0 Å². The molecule has 6 heteroatoms. The molecule has 0 atom stereocenters. The molecule has 0 unspecified atom stereocenters. The van der Waals surface area contributed by atoms with E-state index in [9.17, 15) is 4.79 Å². The van der Waals surface area contributed by atoms with E-state index >= 15 is 0 Å². The fourth-order valence-corrected chi connectivity index (χ4v) is 2.71. The number of halogens is 2. The molecule has 0 aliphatic rings. The molecule has 1 amide bonds. The summed E-state index contributed by atoms with van der Waals surface area (Å²) in [5, 5.41) is 4.94. The molecule has 0 heterocycles. The van der Waals surface area contributed by atoms with Crippen molar-refractivity contribution in [2.45, 2.75) is 32.6 Å². The highest BCUT2D eigenvalue weighted by atomic mass is 35.5. The molecule has 0 bridgehead atoms. The largest absolute Gasteiger partial charge is 0.494 e. The number of benzene rings is 2. The van der Waals surface area contributed by atoms with Gasteiger partial charge in [-0.1, -0.05) is 55.5 Å². The van der Waals surface area contributed by atoms with E-state index in [0.29, 0.717) is 27.8 Å². The summed E-state index contributed by atoms with van der Waals surface area (Å²) in [6.45, 7) is 2.87. The Hall–Kier alpha value is -2.04.